The highest BCUT2D eigenvalue weighted by atomic mass is 16.3. The number of guanidine groups is 1. The highest BCUT2D eigenvalue weighted by Crippen LogP contribution is 2.24. The van der Waals surface area contributed by atoms with Gasteiger partial charge in [-0.3, -0.25) is 4.99 Å². The molecule has 2 N–H and O–H groups in total. The average molecular weight is 377 g/mol. The van der Waals surface area contributed by atoms with Crippen LogP contribution < -0.4 is 15.5 Å². The average Bonchev–Trinajstić information content (AvgIpc) is 3.37. The van der Waals surface area contributed by atoms with Crippen LogP contribution in [0.5, 0.6) is 0 Å². The Bertz CT molecular complexity index is 972. The Hall–Kier alpha value is -3.02. The van der Waals surface area contributed by atoms with Crippen LogP contribution in [0.4, 0.5) is 5.82 Å². The summed E-state index contributed by atoms with van der Waals surface area (Å²) in [6, 6.07) is 12.3. The van der Waals surface area contributed by atoms with Gasteiger partial charge in [-0.15, -0.1) is 0 Å². The van der Waals surface area contributed by atoms with E-state index in [0.717, 1.165) is 41.6 Å². The first-order chi connectivity index (χ1) is 13.7. The van der Waals surface area contributed by atoms with E-state index in [1.165, 1.54) is 24.0 Å². The van der Waals surface area contributed by atoms with Crippen molar-refractivity contribution in [2.45, 2.75) is 32.9 Å². The second kappa shape index (κ2) is 8.33. The number of aromatic nitrogens is 1. The highest BCUT2D eigenvalue weighted by Gasteiger charge is 2.14. The lowest BCUT2D eigenvalue weighted by atomic mass is 10.1. The monoisotopic (exact) mass is 377 g/mol. The van der Waals surface area contributed by atoms with Gasteiger partial charge in [0.15, 0.2) is 5.96 Å². The van der Waals surface area contributed by atoms with Crippen molar-refractivity contribution in [1.82, 2.24) is 15.6 Å². The Morgan fingerprint density at radius 2 is 1.93 bits per heavy atom. The van der Waals surface area contributed by atoms with Crippen molar-refractivity contribution in [3.05, 3.63) is 59.5 Å². The summed E-state index contributed by atoms with van der Waals surface area (Å²) >= 11 is 0. The van der Waals surface area contributed by atoms with Crippen LogP contribution in [-0.4, -0.2) is 31.1 Å². The van der Waals surface area contributed by atoms with Crippen molar-refractivity contribution in [2.24, 2.45) is 4.99 Å². The van der Waals surface area contributed by atoms with Gasteiger partial charge in [0.2, 0.25) is 0 Å². The number of rotatable bonds is 5. The van der Waals surface area contributed by atoms with Crippen molar-refractivity contribution in [3.8, 4) is 0 Å². The zero-order valence-corrected chi connectivity index (χ0v) is 16.5. The summed E-state index contributed by atoms with van der Waals surface area (Å²) in [5, 5.41) is 7.89. The van der Waals surface area contributed by atoms with Crippen LogP contribution in [0.1, 0.15) is 29.7 Å². The number of hydrogen-bond donors (Lipinski definition) is 2. The van der Waals surface area contributed by atoms with E-state index in [-0.39, 0.29) is 0 Å². The molecule has 0 amide bonds. The molecule has 146 valence electrons. The van der Waals surface area contributed by atoms with Crippen molar-refractivity contribution >= 4 is 22.7 Å². The Morgan fingerprint density at radius 3 is 2.71 bits per heavy atom. The van der Waals surface area contributed by atoms with Gasteiger partial charge in [-0.05, 0) is 43.5 Å². The number of hydrogen-bond acceptors (Lipinski definition) is 4. The largest absolute Gasteiger partial charge is 0.459 e. The first-order valence-corrected chi connectivity index (χ1v) is 9.86. The molecule has 0 spiro atoms. The van der Waals surface area contributed by atoms with Gasteiger partial charge >= 0.3 is 0 Å². The van der Waals surface area contributed by atoms with Gasteiger partial charge in [0.25, 0.3) is 0 Å². The van der Waals surface area contributed by atoms with Crippen LogP contribution in [0, 0.1) is 6.92 Å². The second-order valence-corrected chi connectivity index (χ2v) is 7.14. The van der Waals surface area contributed by atoms with Crippen LogP contribution in [-0.2, 0) is 13.1 Å². The molecular weight excluding hydrogens is 350 g/mol. The van der Waals surface area contributed by atoms with Gasteiger partial charge in [-0.2, -0.15) is 0 Å². The molecular formula is C22H27N5O. The molecule has 0 saturated carbocycles. The van der Waals surface area contributed by atoms with E-state index in [4.69, 9.17) is 4.42 Å². The molecule has 4 rings (SSSR count). The third-order valence-corrected chi connectivity index (χ3v) is 5.28. The normalized spacial score (nSPS) is 14.6. The van der Waals surface area contributed by atoms with Crippen LogP contribution in [0.2, 0.25) is 0 Å². The molecule has 1 aromatic carbocycles. The zero-order valence-electron chi connectivity index (χ0n) is 16.5. The SMILES string of the molecule is CN=C(NCc1ccnc(N2CCCC2)c1)NCc1oc2ccccc2c1C. The summed E-state index contributed by atoms with van der Waals surface area (Å²) in [5.41, 5.74) is 3.29. The highest BCUT2D eigenvalue weighted by molar-refractivity contribution is 5.83. The molecule has 1 aliphatic heterocycles. The Morgan fingerprint density at radius 1 is 1.14 bits per heavy atom. The molecule has 1 fully saturated rings. The second-order valence-electron chi connectivity index (χ2n) is 7.14. The van der Waals surface area contributed by atoms with Gasteiger partial charge < -0.3 is 20.0 Å². The maximum absolute atomic E-state index is 5.97. The minimum absolute atomic E-state index is 0.593. The molecule has 0 bridgehead atoms. The van der Waals surface area contributed by atoms with Crippen molar-refractivity contribution in [3.63, 3.8) is 0 Å². The van der Waals surface area contributed by atoms with Gasteiger partial charge in [-0.1, -0.05) is 18.2 Å². The molecule has 6 nitrogen and oxygen atoms in total. The number of aryl methyl sites for hydroxylation is 1. The van der Waals surface area contributed by atoms with Gasteiger partial charge in [-0.25, -0.2) is 4.98 Å². The number of furan rings is 1. The zero-order chi connectivity index (χ0) is 19.3. The first kappa shape index (κ1) is 18.3. The molecule has 2 aromatic heterocycles. The summed E-state index contributed by atoms with van der Waals surface area (Å²) in [6.45, 7) is 5.58. The number of para-hydroxylation sites is 1. The van der Waals surface area contributed by atoms with E-state index < -0.39 is 0 Å². The van der Waals surface area contributed by atoms with Crippen LogP contribution in [0.25, 0.3) is 11.0 Å². The lowest BCUT2D eigenvalue weighted by Crippen LogP contribution is -2.36. The number of benzene rings is 1. The standard InChI is InChI=1S/C22H27N5O/c1-16-18-7-3-4-8-19(18)28-20(16)15-26-22(23-2)25-14-17-9-10-24-21(13-17)27-11-5-6-12-27/h3-4,7-10,13H,5-6,11-12,14-15H2,1-2H3,(H2,23,25,26). The van der Waals surface area contributed by atoms with Crippen LogP contribution in [0.15, 0.2) is 52.0 Å². The molecule has 0 atom stereocenters. The fourth-order valence-electron chi connectivity index (χ4n) is 3.65. The van der Waals surface area contributed by atoms with E-state index in [9.17, 15) is 0 Å². The van der Waals surface area contributed by atoms with E-state index in [1.807, 2.05) is 30.5 Å². The van der Waals surface area contributed by atoms with Crippen LogP contribution >= 0.6 is 0 Å². The van der Waals surface area contributed by atoms with Gasteiger partial charge in [0.05, 0.1) is 6.54 Å². The molecule has 0 unspecified atom stereocenters. The van der Waals surface area contributed by atoms with Gasteiger partial charge in [0, 0.05) is 43.8 Å². The number of pyridine rings is 1. The number of anilines is 1. The number of nitrogens with zero attached hydrogens (tertiary/aromatic N) is 3. The minimum Gasteiger partial charge on any atom is -0.459 e. The maximum Gasteiger partial charge on any atom is 0.191 e. The summed E-state index contributed by atoms with van der Waals surface area (Å²) in [7, 11) is 1.78. The minimum atomic E-state index is 0.593. The Kier molecular flexibility index (Phi) is 5.46. The molecule has 0 aliphatic carbocycles. The molecule has 0 radical (unpaired) electrons. The molecule has 3 heterocycles. The van der Waals surface area contributed by atoms with E-state index in [1.54, 1.807) is 7.05 Å². The van der Waals surface area contributed by atoms with Gasteiger partial charge in [0.1, 0.15) is 17.2 Å². The molecule has 3 aromatic rings. The van der Waals surface area contributed by atoms with E-state index in [2.05, 4.69) is 44.6 Å². The molecule has 1 saturated heterocycles. The van der Waals surface area contributed by atoms with Crippen LogP contribution in [0.3, 0.4) is 0 Å². The quantitative estimate of drug-likeness (QED) is 0.525. The number of nitrogens with one attached hydrogen (secondary N) is 2. The predicted molar refractivity (Wildman–Crippen MR) is 114 cm³/mol. The first-order valence-electron chi connectivity index (χ1n) is 9.86. The van der Waals surface area contributed by atoms with E-state index in [0.29, 0.717) is 13.1 Å². The third-order valence-electron chi connectivity index (χ3n) is 5.28. The smallest absolute Gasteiger partial charge is 0.191 e. The Balaban J connectivity index is 1.36. The third kappa shape index (κ3) is 3.96. The topological polar surface area (TPSA) is 65.7 Å². The fourth-order valence-corrected chi connectivity index (χ4v) is 3.65. The van der Waals surface area contributed by atoms with Crippen molar-refractivity contribution in [2.75, 3.05) is 25.0 Å². The molecule has 1 aliphatic rings. The number of aliphatic imine (C=N–C) groups is 1. The van der Waals surface area contributed by atoms with E-state index >= 15 is 0 Å². The predicted octanol–water partition coefficient (Wildman–Crippen LogP) is 3.60. The Labute approximate surface area is 165 Å². The fraction of sp³-hybridized carbons (Fsp3) is 0.364. The summed E-state index contributed by atoms with van der Waals surface area (Å²) in [5.74, 6) is 2.75. The molecule has 28 heavy (non-hydrogen) atoms. The summed E-state index contributed by atoms with van der Waals surface area (Å²) in [4.78, 5) is 11.2. The summed E-state index contributed by atoms with van der Waals surface area (Å²) < 4.78 is 5.97. The lowest BCUT2D eigenvalue weighted by molar-refractivity contribution is 0.534. The molecule has 6 heteroatoms. The van der Waals surface area contributed by atoms with Crippen molar-refractivity contribution in [1.29, 1.82) is 0 Å². The lowest BCUT2D eigenvalue weighted by Gasteiger charge is -2.17. The maximum atomic E-state index is 5.97. The van der Waals surface area contributed by atoms with Crippen molar-refractivity contribution < 1.29 is 4.42 Å². The number of fused-ring (bicyclic) bond motifs is 1. The summed E-state index contributed by atoms with van der Waals surface area (Å²) in [6.07, 6.45) is 4.39.